The average Bonchev–Trinajstić information content (AvgIpc) is 2.35. The summed E-state index contributed by atoms with van der Waals surface area (Å²) < 4.78 is 5.46. The number of hydrogen-bond donors (Lipinski definition) is 1. The van der Waals surface area contributed by atoms with E-state index in [1.807, 2.05) is 32.6 Å². The van der Waals surface area contributed by atoms with Gasteiger partial charge in [-0.2, -0.15) is 0 Å². The van der Waals surface area contributed by atoms with Crippen LogP contribution in [0.1, 0.15) is 47.0 Å². The van der Waals surface area contributed by atoms with E-state index in [2.05, 4.69) is 0 Å². The minimum Gasteiger partial charge on any atom is -0.480 e. The third-order valence-corrected chi connectivity index (χ3v) is 3.53. The Morgan fingerprint density at radius 3 is 2.52 bits per heavy atom. The second-order valence-corrected chi connectivity index (χ2v) is 6.54. The normalized spacial score (nSPS) is 19.7. The van der Waals surface area contributed by atoms with Crippen molar-refractivity contribution < 1.29 is 19.4 Å². The van der Waals surface area contributed by atoms with Crippen molar-refractivity contribution in [1.29, 1.82) is 0 Å². The highest BCUT2D eigenvalue weighted by atomic mass is 16.6. The van der Waals surface area contributed by atoms with E-state index in [4.69, 9.17) is 9.84 Å². The molecule has 0 aromatic heterocycles. The zero-order chi connectivity index (χ0) is 16.0. The predicted molar refractivity (Wildman–Crippen MR) is 80.3 cm³/mol. The molecule has 1 rings (SSSR count). The molecular weight excluding hydrogens is 272 g/mol. The van der Waals surface area contributed by atoms with Gasteiger partial charge in [-0.15, -0.1) is 0 Å². The van der Waals surface area contributed by atoms with Crippen molar-refractivity contribution in [3.05, 3.63) is 0 Å². The van der Waals surface area contributed by atoms with Crippen molar-refractivity contribution in [1.82, 2.24) is 9.80 Å². The standard InChI is InChI=1S/C15H28N2O4/c1-5-16(11-13(18)19)10-12-8-6-7-9-17(12)14(20)21-15(2,3)4/h12H,5-11H2,1-4H3,(H,18,19)/t12-/m1/s1. The maximum absolute atomic E-state index is 12.3. The van der Waals surface area contributed by atoms with Crippen LogP contribution in [-0.4, -0.2) is 64.8 Å². The van der Waals surface area contributed by atoms with Crippen molar-refractivity contribution in [2.24, 2.45) is 0 Å². The largest absolute Gasteiger partial charge is 0.480 e. The first-order chi connectivity index (χ1) is 9.73. The first kappa shape index (κ1) is 17.8. The maximum Gasteiger partial charge on any atom is 0.410 e. The van der Waals surface area contributed by atoms with E-state index in [0.29, 0.717) is 19.6 Å². The number of rotatable bonds is 5. The van der Waals surface area contributed by atoms with E-state index in [0.717, 1.165) is 19.3 Å². The predicted octanol–water partition coefficient (Wildman–Crippen LogP) is 2.18. The zero-order valence-corrected chi connectivity index (χ0v) is 13.6. The quantitative estimate of drug-likeness (QED) is 0.842. The van der Waals surface area contributed by atoms with Crippen LogP contribution < -0.4 is 0 Å². The van der Waals surface area contributed by atoms with E-state index in [1.165, 1.54) is 0 Å². The molecule has 0 radical (unpaired) electrons. The van der Waals surface area contributed by atoms with Crippen LogP contribution in [-0.2, 0) is 9.53 Å². The molecule has 1 atom stereocenters. The summed E-state index contributed by atoms with van der Waals surface area (Å²) in [4.78, 5) is 26.8. The van der Waals surface area contributed by atoms with Gasteiger partial charge in [-0.3, -0.25) is 9.69 Å². The molecule has 122 valence electrons. The SMILES string of the molecule is CCN(CC(=O)O)C[C@H]1CCCCN1C(=O)OC(C)(C)C. The first-order valence-corrected chi connectivity index (χ1v) is 7.66. The molecule has 0 spiro atoms. The topological polar surface area (TPSA) is 70.1 Å². The van der Waals surface area contributed by atoms with Gasteiger partial charge in [-0.25, -0.2) is 4.79 Å². The molecule has 0 aliphatic carbocycles. The Bertz CT molecular complexity index is 365. The number of likely N-dealkylation sites (tertiary alicyclic amines) is 1. The van der Waals surface area contributed by atoms with Gasteiger partial charge in [0.2, 0.25) is 0 Å². The highest BCUT2D eigenvalue weighted by molar-refractivity contribution is 5.69. The summed E-state index contributed by atoms with van der Waals surface area (Å²) in [6.45, 7) is 9.43. The number of carbonyl (C=O) groups excluding carboxylic acids is 1. The number of carbonyl (C=O) groups is 2. The summed E-state index contributed by atoms with van der Waals surface area (Å²) >= 11 is 0. The van der Waals surface area contributed by atoms with Gasteiger partial charge in [-0.05, 0) is 46.6 Å². The highest BCUT2D eigenvalue weighted by Gasteiger charge is 2.31. The van der Waals surface area contributed by atoms with Gasteiger partial charge in [0.25, 0.3) is 0 Å². The number of carboxylic acids is 1. The number of carboxylic acid groups (broad SMARTS) is 1. The van der Waals surface area contributed by atoms with E-state index in [1.54, 1.807) is 4.90 Å². The maximum atomic E-state index is 12.3. The Labute approximate surface area is 127 Å². The van der Waals surface area contributed by atoms with Gasteiger partial charge in [0, 0.05) is 19.1 Å². The van der Waals surface area contributed by atoms with Crippen molar-refractivity contribution in [3.63, 3.8) is 0 Å². The molecule has 1 N–H and O–H groups in total. The molecule has 6 nitrogen and oxygen atoms in total. The molecule has 1 aliphatic rings. The molecular formula is C15H28N2O4. The highest BCUT2D eigenvalue weighted by Crippen LogP contribution is 2.21. The molecule has 0 unspecified atom stereocenters. The monoisotopic (exact) mass is 300 g/mol. The number of amides is 1. The molecule has 6 heteroatoms. The van der Waals surface area contributed by atoms with Crippen LogP contribution in [0.2, 0.25) is 0 Å². The van der Waals surface area contributed by atoms with Gasteiger partial charge < -0.3 is 14.7 Å². The Hall–Kier alpha value is -1.30. The lowest BCUT2D eigenvalue weighted by atomic mass is 10.0. The number of piperidine rings is 1. The number of nitrogens with zero attached hydrogens (tertiary/aromatic N) is 2. The molecule has 1 aliphatic heterocycles. The number of hydrogen-bond acceptors (Lipinski definition) is 4. The summed E-state index contributed by atoms with van der Waals surface area (Å²) in [6.07, 6.45) is 2.64. The molecule has 0 aromatic carbocycles. The van der Waals surface area contributed by atoms with Crippen molar-refractivity contribution in [2.75, 3.05) is 26.2 Å². The van der Waals surface area contributed by atoms with Crippen LogP contribution in [0, 0.1) is 0 Å². The van der Waals surface area contributed by atoms with Gasteiger partial charge in [0.15, 0.2) is 0 Å². The lowest BCUT2D eigenvalue weighted by Gasteiger charge is -2.38. The third-order valence-electron chi connectivity index (χ3n) is 3.53. The van der Waals surface area contributed by atoms with E-state index < -0.39 is 11.6 Å². The summed E-state index contributed by atoms with van der Waals surface area (Å²) in [5, 5.41) is 8.93. The summed E-state index contributed by atoms with van der Waals surface area (Å²) in [5.74, 6) is -0.837. The third kappa shape index (κ3) is 6.33. The van der Waals surface area contributed by atoms with E-state index in [9.17, 15) is 9.59 Å². The Morgan fingerprint density at radius 1 is 1.33 bits per heavy atom. The molecule has 1 saturated heterocycles. The molecule has 1 amide bonds. The molecule has 0 bridgehead atoms. The van der Waals surface area contributed by atoms with Crippen molar-refractivity contribution in [3.8, 4) is 0 Å². The summed E-state index contributed by atoms with van der Waals surface area (Å²) in [6, 6.07) is 0.0351. The van der Waals surface area contributed by atoms with Crippen LogP contribution in [0.25, 0.3) is 0 Å². The lowest BCUT2D eigenvalue weighted by molar-refractivity contribution is -0.138. The number of aliphatic carboxylic acids is 1. The first-order valence-electron chi connectivity index (χ1n) is 7.66. The number of likely N-dealkylation sites (N-methyl/N-ethyl adjacent to an activating group) is 1. The molecule has 0 aromatic rings. The molecule has 1 fully saturated rings. The van der Waals surface area contributed by atoms with Gasteiger partial charge >= 0.3 is 12.1 Å². The molecule has 21 heavy (non-hydrogen) atoms. The Kier molecular flexibility index (Phi) is 6.45. The van der Waals surface area contributed by atoms with Crippen LogP contribution in [0.5, 0.6) is 0 Å². The Morgan fingerprint density at radius 2 is 2.00 bits per heavy atom. The summed E-state index contributed by atoms with van der Waals surface area (Å²) in [5.41, 5.74) is -0.509. The second kappa shape index (κ2) is 7.64. The number of ether oxygens (including phenoxy) is 1. The summed E-state index contributed by atoms with van der Waals surface area (Å²) in [7, 11) is 0. The van der Waals surface area contributed by atoms with Gasteiger partial charge in [-0.1, -0.05) is 6.92 Å². The smallest absolute Gasteiger partial charge is 0.410 e. The average molecular weight is 300 g/mol. The van der Waals surface area contributed by atoms with Crippen LogP contribution >= 0.6 is 0 Å². The van der Waals surface area contributed by atoms with Crippen LogP contribution in [0.15, 0.2) is 0 Å². The fourth-order valence-electron chi connectivity index (χ4n) is 2.55. The lowest BCUT2D eigenvalue weighted by Crippen LogP contribution is -2.51. The fraction of sp³-hybridized carbons (Fsp3) is 0.867. The molecule has 1 heterocycles. The Balaban J connectivity index is 2.68. The fourth-order valence-corrected chi connectivity index (χ4v) is 2.55. The van der Waals surface area contributed by atoms with Crippen molar-refractivity contribution >= 4 is 12.1 Å². The molecule has 0 saturated carbocycles. The van der Waals surface area contributed by atoms with E-state index in [-0.39, 0.29) is 18.7 Å². The van der Waals surface area contributed by atoms with Crippen molar-refractivity contribution in [2.45, 2.75) is 58.6 Å². The van der Waals surface area contributed by atoms with Gasteiger partial charge in [0.05, 0.1) is 6.54 Å². The van der Waals surface area contributed by atoms with Crippen LogP contribution in [0.3, 0.4) is 0 Å². The van der Waals surface area contributed by atoms with Gasteiger partial charge in [0.1, 0.15) is 5.60 Å². The van der Waals surface area contributed by atoms with E-state index >= 15 is 0 Å². The minimum atomic E-state index is -0.837. The minimum absolute atomic E-state index is 0.00909. The zero-order valence-electron chi connectivity index (χ0n) is 13.6. The van der Waals surface area contributed by atoms with Crippen LogP contribution in [0.4, 0.5) is 4.79 Å². The second-order valence-electron chi connectivity index (χ2n) is 6.54.